The van der Waals surface area contributed by atoms with Crippen molar-refractivity contribution in [1.82, 2.24) is 0 Å². The van der Waals surface area contributed by atoms with Crippen LogP contribution in [-0.2, 0) is 65.4 Å². The fourth-order valence-corrected chi connectivity index (χ4v) is 12.5. The van der Waals surface area contributed by atoms with Crippen LogP contribution in [0.5, 0.6) is 0 Å². The topological polar surface area (TPSA) is 237 Å². The van der Waals surface area contributed by atoms with Crippen LogP contribution in [0.4, 0.5) is 0 Å². The lowest BCUT2D eigenvalue weighted by atomic mass is 10.0. The average molecular weight is 1430 g/mol. The highest BCUT2D eigenvalue weighted by molar-refractivity contribution is 7.47. The number of rotatable bonds is 77. The molecule has 0 spiro atoms. The summed E-state index contributed by atoms with van der Waals surface area (Å²) in [6, 6.07) is 0. The summed E-state index contributed by atoms with van der Waals surface area (Å²) < 4.78 is 69.2. The summed E-state index contributed by atoms with van der Waals surface area (Å²) in [7, 11) is -9.83. The van der Waals surface area contributed by atoms with E-state index in [4.69, 9.17) is 37.0 Å². The summed E-state index contributed by atoms with van der Waals surface area (Å²) in [5, 5.41) is 10.6. The van der Waals surface area contributed by atoms with Gasteiger partial charge in [0.05, 0.1) is 33.0 Å². The minimum absolute atomic E-state index is 0.0969. The molecule has 98 heavy (non-hydrogen) atoms. The Hall–Kier alpha value is -3.08. The molecule has 0 aliphatic carbocycles. The first-order valence-corrected chi connectivity index (χ1v) is 42.5. The molecule has 19 heteroatoms. The lowest BCUT2D eigenvalue weighted by molar-refractivity contribution is -0.161. The Bertz CT molecular complexity index is 2060. The summed E-state index contributed by atoms with van der Waals surface area (Å²) in [4.78, 5) is 70.5. The number of carbonyl (C=O) groups is 4. The van der Waals surface area contributed by atoms with E-state index in [1.54, 1.807) is 0 Å². The second-order valence-corrected chi connectivity index (χ2v) is 29.5. The number of hydrogen-bond donors (Lipinski definition) is 3. The van der Waals surface area contributed by atoms with Gasteiger partial charge in [0.25, 0.3) is 0 Å². The molecule has 0 radical (unpaired) electrons. The highest BCUT2D eigenvalue weighted by Gasteiger charge is 2.30. The maximum atomic E-state index is 13.1. The zero-order chi connectivity index (χ0) is 71.6. The lowest BCUT2D eigenvalue weighted by Gasteiger charge is -2.21. The molecular weight excluding hydrogens is 1280 g/mol. The van der Waals surface area contributed by atoms with Crippen LogP contribution in [0, 0.1) is 0 Å². The molecule has 0 bridgehead atoms. The highest BCUT2D eigenvalue weighted by atomic mass is 31.2. The number of hydrogen-bond acceptors (Lipinski definition) is 15. The maximum absolute atomic E-state index is 13.1. The third kappa shape index (κ3) is 72.7. The first-order chi connectivity index (χ1) is 47.8. The number of ether oxygens (including phenoxy) is 4. The summed E-state index contributed by atoms with van der Waals surface area (Å²) in [6.07, 6.45) is 72.6. The number of aliphatic hydroxyl groups excluding tert-OH is 1. The molecule has 0 heterocycles. The van der Waals surface area contributed by atoms with Crippen LogP contribution in [0.1, 0.15) is 355 Å². The molecule has 0 saturated heterocycles. The van der Waals surface area contributed by atoms with Crippen molar-refractivity contribution in [3.63, 3.8) is 0 Å². The molecule has 17 nitrogen and oxygen atoms in total. The standard InChI is InChI=1S/C79H144O17P2/c1-4-7-10-13-16-19-22-25-26-27-30-35-40-45-49-54-59-64-78(83)95-75(70-89-67-62-57-52-47-42-37-32-29-28-31-36-41-46-51-56-61-66-80)72-93-97(85,86)91-68-74(81)69-92-98(87,88)94-73-76(96-79(84)65-60-55-50-44-39-34-24-21-18-15-12-9-6-3)71-90-77(82)63-58-53-48-43-38-33-23-20-17-14-11-8-5-2/h16,19,25-26,28,30-31,35,45,49,66,74-76,81H,4-15,17-18,20-24,27,29,32-34,36-44,46-48,50-65,67-73H2,1-3H3,(H,85,86)(H,87,88)/b19-16-,26-25-,31-28-,35-30-,49-45-/t74-,75-,76-/m1/s1. The number of carbonyl (C=O) groups excluding carboxylic acids is 4. The van der Waals surface area contributed by atoms with Gasteiger partial charge in [-0.25, -0.2) is 9.13 Å². The van der Waals surface area contributed by atoms with Crippen LogP contribution in [0.25, 0.3) is 0 Å². The van der Waals surface area contributed by atoms with Crippen LogP contribution < -0.4 is 0 Å². The van der Waals surface area contributed by atoms with Gasteiger partial charge >= 0.3 is 33.6 Å². The monoisotopic (exact) mass is 1430 g/mol. The van der Waals surface area contributed by atoms with Crippen LogP contribution in [0.15, 0.2) is 60.8 Å². The van der Waals surface area contributed by atoms with E-state index in [1.807, 2.05) is 6.08 Å². The SMILES string of the molecule is CCCCC/C=C\C/C=C\C/C=C\C/C=C\CCCC(=O)O[C@H](COCCCCCCCCC/C=C\CCCCCCC=O)COP(=O)(O)OC[C@@H](O)COP(=O)(O)OC[C@@H](COC(=O)CCCCCCCCCCCCCCC)OC(=O)CCCCCCCCCCCCCCC. The van der Waals surface area contributed by atoms with Crippen LogP contribution in [0.2, 0.25) is 0 Å². The van der Waals surface area contributed by atoms with Gasteiger partial charge in [0, 0.05) is 32.3 Å². The number of aliphatic hydroxyl groups is 1. The highest BCUT2D eigenvalue weighted by Crippen LogP contribution is 2.45. The van der Waals surface area contributed by atoms with Crippen molar-refractivity contribution in [1.29, 1.82) is 0 Å². The van der Waals surface area contributed by atoms with Gasteiger partial charge in [0.2, 0.25) is 0 Å². The second kappa shape index (κ2) is 73.7. The molecule has 0 rings (SSSR count). The minimum atomic E-state index is -4.94. The number of aldehydes is 1. The van der Waals surface area contributed by atoms with E-state index in [2.05, 4.69) is 75.5 Å². The second-order valence-electron chi connectivity index (χ2n) is 26.6. The van der Waals surface area contributed by atoms with E-state index in [-0.39, 0.29) is 25.9 Å². The maximum Gasteiger partial charge on any atom is 0.472 e. The van der Waals surface area contributed by atoms with Gasteiger partial charge in [-0.15, -0.1) is 0 Å². The Morgan fingerprint density at radius 1 is 0.327 bits per heavy atom. The van der Waals surface area contributed by atoms with Crippen molar-refractivity contribution < 1.29 is 80.2 Å². The van der Waals surface area contributed by atoms with Gasteiger partial charge < -0.3 is 38.6 Å². The van der Waals surface area contributed by atoms with Crippen molar-refractivity contribution in [2.45, 2.75) is 373 Å². The number of phosphoric ester groups is 2. The van der Waals surface area contributed by atoms with E-state index in [0.29, 0.717) is 38.7 Å². The van der Waals surface area contributed by atoms with Gasteiger partial charge in [-0.05, 0) is 96.3 Å². The van der Waals surface area contributed by atoms with Crippen LogP contribution in [-0.4, -0.2) is 104 Å². The van der Waals surface area contributed by atoms with Gasteiger partial charge in [-0.1, -0.05) is 293 Å². The summed E-state index contributed by atoms with van der Waals surface area (Å²) in [5.74, 6) is -1.57. The molecule has 0 amide bonds. The molecule has 0 aliphatic heterocycles. The third-order valence-electron chi connectivity index (χ3n) is 17.0. The van der Waals surface area contributed by atoms with Crippen LogP contribution >= 0.6 is 15.6 Å². The van der Waals surface area contributed by atoms with Crippen molar-refractivity contribution in [3.8, 4) is 0 Å². The molecule has 0 saturated carbocycles. The zero-order valence-corrected chi connectivity index (χ0v) is 64.0. The molecule has 3 N–H and O–H groups in total. The van der Waals surface area contributed by atoms with E-state index < -0.39 is 84.9 Å². The zero-order valence-electron chi connectivity index (χ0n) is 62.3. The number of esters is 3. The number of allylic oxidation sites excluding steroid dienone is 10. The normalized spacial score (nSPS) is 14.3. The fraction of sp³-hybridized carbons (Fsp3) is 0.823. The number of unbranched alkanes of at least 4 members (excludes halogenated alkanes) is 40. The molecule has 0 aromatic carbocycles. The van der Waals surface area contributed by atoms with Crippen LogP contribution in [0.3, 0.4) is 0 Å². The van der Waals surface area contributed by atoms with Gasteiger partial charge in [-0.2, -0.15) is 0 Å². The Balaban J connectivity index is 5.29. The largest absolute Gasteiger partial charge is 0.472 e. The van der Waals surface area contributed by atoms with Gasteiger partial charge in [-0.3, -0.25) is 32.5 Å². The quantitative estimate of drug-likeness (QED) is 0.0128. The molecule has 2 unspecified atom stereocenters. The smallest absolute Gasteiger partial charge is 0.462 e. The molecule has 0 aliphatic rings. The van der Waals surface area contributed by atoms with Crippen molar-refractivity contribution in [3.05, 3.63) is 60.8 Å². The summed E-state index contributed by atoms with van der Waals surface area (Å²) in [6.45, 7) is 3.61. The van der Waals surface area contributed by atoms with E-state index in [0.717, 1.165) is 135 Å². The van der Waals surface area contributed by atoms with Crippen molar-refractivity contribution in [2.75, 3.05) is 46.2 Å². The molecule has 0 aromatic heterocycles. The Morgan fingerprint density at radius 2 is 0.612 bits per heavy atom. The average Bonchev–Trinajstić information content (AvgIpc) is 0.986. The van der Waals surface area contributed by atoms with Crippen molar-refractivity contribution >= 4 is 39.8 Å². The Labute approximate surface area is 597 Å². The number of phosphoric acid groups is 2. The van der Waals surface area contributed by atoms with E-state index in [1.165, 1.54) is 154 Å². The first-order valence-electron chi connectivity index (χ1n) is 39.5. The molecule has 0 fully saturated rings. The van der Waals surface area contributed by atoms with Gasteiger partial charge in [0.15, 0.2) is 6.10 Å². The summed E-state index contributed by atoms with van der Waals surface area (Å²) in [5.41, 5.74) is 0. The first kappa shape index (κ1) is 94.9. The van der Waals surface area contributed by atoms with E-state index >= 15 is 0 Å². The Kier molecular flexibility index (Phi) is 71.3. The summed E-state index contributed by atoms with van der Waals surface area (Å²) >= 11 is 0. The minimum Gasteiger partial charge on any atom is -0.462 e. The molecule has 572 valence electrons. The van der Waals surface area contributed by atoms with E-state index in [9.17, 15) is 43.2 Å². The van der Waals surface area contributed by atoms with Crippen molar-refractivity contribution in [2.24, 2.45) is 0 Å². The molecular formula is C79H144O17P2. The predicted octanol–water partition coefficient (Wildman–Crippen LogP) is 22.3. The lowest BCUT2D eigenvalue weighted by Crippen LogP contribution is -2.30. The molecule has 0 aromatic rings. The van der Waals surface area contributed by atoms with Gasteiger partial charge in [0.1, 0.15) is 25.1 Å². The molecule has 5 atom stereocenters. The fourth-order valence-electron chi connectivity index (χ4n) is 11.0. The Morgan fingerprint density at radius 3 is 1.02 bits per heavy atom. The third-order valence-corrected chi connectivity index (χ3v) is 18.9. The predicted molar refractivity (Wildman–Crippen MR) is 400 cm³/mol.